The number of halogens is 2. The van der Waals surface area contributed by atoms with Gasteiger partial charge in [0.15, 0.2) is 0 Å². The van der Waals surface area contributed by atoms with Gasteiger partial charge in [0.05, 0.1) is 0 Å². The Morgan fingerprint density at radius 3 is 2.00 bits per heavy atom. The number of carboxylic acid groups (broad SMARTS) is 1. The highest BCUT2D eigenvalue weighted by molar-refractivity contribution is 6.30. The van der Waals surface area contributed by atoms with E-state index in [4.69, 9.17) is 11.6 Å². The van der Waals surface area contributed by atoms with Gasteiger partial charge in [-0.25, -0.2) is 4.39 Å². The molecule has 1 atom stereocenters. The molecule has 0 saturated carbocycles. The summed E-state index contributed by atoms with van der Waals surface area (Å²) in [5, 5.41) is 11.5. The van der Waals surface area contributed by atoms with E-state index in [1.165, 1.54) is 12.1 Å². The fourth-order valence-electron chi connectivity index (χ4n) is 1.98. The van der Waals surface area contributed by atoms with E-state index in [1.54, 1.807) is 36.4 Å². The van der Waals surface area contributed by atoms with Crippen molar-refractivity contribution < 1.29 is 14.3 Å². The molecule has 0 aromatic heterocycles. The molecule has 0 aliphatic carbocycles. The van der Waals surface area contributed by atoms with Crippen molar-refractivity contribution in [1.29, 1.82) is 0 Å². The summed E-state index contributed by atoms with van der Waals surface area (Å²) < 4.78 is 12.9. The second kappa shape index (κ2) is 5.85. The smallest absolute Gasteiger partial charge is 0.123 e. The summed E-state index contributed by atoms with van der Waals surface area (Å²) in [4.78, 5) is 10.9. The van der Waals surface area contributed by atoms with Gasteiger partial charge >= 0.3 is 0 Å². The summed E-state index contributed by atoms with van der Waals surface area (Å²) in [6, 6.07) is 12.7. The molecule has 0 radical (unpaired) electrons. The first-order valence-corrected chi connectivity index (χ1v) is 6.15. The van der Waals surface area contributed by atoms with E-state index < -0.39 is 5.97 Å². The highest BCUT2D eigenvalue weighted by Crippen LogP contribution is 2.28. The van der Waals surface area contributed by atoms with Gasteiger partial charge in [-0.3, -0.25) is 0 Å². The van der Waals surface area contributed by atoms with Gasteiger partial charge in [0.1, 0.15) is 5.82 Å². The van der Waals surface area contributed by atoms with Crippen molar-refractivity contribution in [1.82, 2.24) is 0 Å². The summed E-state index contributed by atoms with van der Waals surface area (Å²) in [6.45, 7) is 0. The van der Waals surface area contributed by atoms with Gasteiger partial charge in [-0.2, -0.15) is 0 Å². The van der Waals surface area contributed by atoms with Gasteiger partial charge in [-0.1, -0.05) is 35.9 Å². The lowest BCUT2D eigenvalue weighted by molar-refractivity contribution is -0.305. The molecule has 4 heteroatoms. The van der Waals surface area contributed by atoms with Gasteiger partial charge in [0.2, 0.25) is 0 Å². The van der Waals surface area contributed by atoms with E-state index in [0.717, 1.165) is 11.1 Å². The van der Waals surface area contributed by atoms with Crippen molar-refractivity contribution in [3.63, 3.8) is 0 Å². The van der Waals surface area contributed by atoms with Gasteiger partial charge in [0.25, 0.3) is 0 Å². The number of carbonyl (C=O) groups excluding carboxylic acids is 1. The molecule has 0 fully saturated rings. The lowest BCUT2D eigenvalue weighted by Crippen LogP contribution is -2.24. The molecule has 0 N–H and O–H groups in total. The number of benzene rings is 2. The molecule has 19 heavy (non-hydrogen) atoms. The van der Waals surface area contributed by atoms with Gasteiger partial charge < -0.3 is 9.90 Å². The van der Waals surface area contributed by atoms with Crippen LogP contribution in [-0.4, -0.2) is 5.97 Å². The van der Waals surface area contributed by atoms with Gasteiger partial charge in [0, 0.05) is 16.9 Å². The third kappa shape index (κ3) is 3.55. The third-order valence-corrected chi connectivity index (χ3v) is 3.17. The van der Waals surface area contributed by atoms with Crippen LogP contribution in [-0.2, 0) is 4.79 Å². The van der Waals surface area contributed by atoms with E-state index in [2.05, 4.69) is 0 Å². The minimum atomic E-state index is -1.15. The van der Waals surface area contributed by atoms with Crippen LogP contribution in [0.25, 0.3) is 0 Å². The highest BCUT2D eigenvalue weighted by atomic mass is 35.5. The topological polar surface area (TPSA) is 40.1 Å². The molecule has 0 unspecified atom stereocenters. The summed E-state index contributed by atoms with van der Waals surface area (Å²) in [5.74, 6) is -1.88. The first-order chi connectivity index (χ1) is 9.06. The third-order valence-electron chi connectivity index (χ3n) is 2.92. The molecule has 0 bridgehead atoms. The lowest BCUT2D eigenvalue weighted by Gasteiger charge is -2.18. The number of rotatable bonds is 4. The predicted molar refractivity (Wildman–Crippen MR) is 69.3 cm³/mol. The number of aliphatic carboxylic acids is 1. The Kier molecular flexibility index (Phi) is 4.17. The Bertz CT molecular complexity index is 518. The van der Waals surface area contributed by atoms with Crippen molar-refractivity contribution in [2.24, 2.45) is 0 Å². The zero-order valence-electron chi connectivity index (χ0n) is 9.98. The maximum Gasteiger partial charge on any atom is 0.123 e. The van der Waals surface area contributed by atoms with Crippen LogP contribution < -0.4 is 5.11 Å². The molecule has 0 amide bonds. The van der Waals surface area contributed by atoms with E-state index in [9.17, 15) is 14.3 Å². The van der Waals surface area contributed by atoms with Crippen LogP contribution in [0.15, 0.2) is 48.5 Å². The minimum Gasteiger partial charge on any atom is -0.550 e. The molecule has 0 heterocycles. The van der Waals surface area contributed by atoms with E-state index in [1.807, 2.05) is 0 Å². The highest BCUT2D eigenvalue weighted by Gasteiger charge is 2.14. The number of hydrogen-bond acceptors (Lipinski definition) is 2. The zero-order chi connectivity index (χ0) is 13.8. The van der Waals surface area contributed by atoms with Crippen LogP contribution in [0.2, 0.25) is 5.02 Å². The SMILES string of the molecule is O=C([O-])C[C@H](c1ccc(F)cc1)c1ccc(Cl)cc1. The predicted octanol–water partition coefficient (Wildman–Crippen LogP) is 2.75. The standard InChI is InChI=1S/C15H12ClFO2/c16-12-5-1-10(2-6-12)14(9-15(18)19)11-3-7-13(17)8-4-11/h1-8,14H,9H2,(H,18,19)/p-1/t14-/m0/s1. The molecule has 0 spiro atoms. The molecular weight excluding hydrogens is 267 g/mol. The molecule has 2 rings (SSSR count). The molecule has 0 aliphatic rings. The summed E-state index contributed by atoms with van der Waals surface area (Å²) in [7, 11) is 0. The Balaban J connectivity index is 2.37. The largest absolute Gasteiger partial charge is 0.550 e. The normalized spacial score (nSPS) is 12.1. The summed E-state index contributed by atoms with van der Waals surface area (Å²) in [5.41, 5.74) is 1.54. The van der Waals surface area contributed by atoms with Crippen LogP contribution in [0.1, 0.15) is 23.5 Å². The van der Waals surface area contributed by atoms with Crippen molar-refractivity contribution in [2.75, 3.05) is 0 Å². The summed E-state index contributed by atoms with van der Waals surface area (Å²) in [6.07, 6.45) is -0.159. The molecule has 2 nitrogen and oxygen atoms in total. The lowest BCUT2D eigenvalue weighted by atomic mass is 9.88. The fraction of sp³-hybridized carbons (Fsp3) is 0.133. The van der Waals surface area contributed by atoms with Crippen LogP contribution in [0.5, 0.6) is 0 Å². The Morgan fingerprint density at radius 1 is 1.05 bits per heavy atom. The van der Waals surface area contributed by atoms with E-state index in [-0.39, 0.29) is 18.2 Å². The number of carbonyl (C=O) groups is 1. The van der Waals surface area contributed by atoms with Crippen molar-refractivity contribution in [2.45, 2.75) is 12.3 Å². The second-order valence-corrected chi connectivity index (χ2v) is 4.67. The van der Waals surface area contributed by atoms with Crippen molar-refractivity contribution in [3.8, 4) is 0 Å². The molecule has 0 aliphatic heterocycles. The Morgan fingerprint density at radius 2 is 1.53 bits per heavy atom. The monoisotopic (exact) mass is 277 g/mol. The van der Waals surface area contributed by atoms with E-state index >= 15 is 0 Å². The fourth-order valence-corrected chi connectivity index (χ4v) is 2.11. The Hall–Kier alpha value is -1.87. The Labute approximate surface area is 115 Å². The molecule has 0 saturated heterocycles. The van der Waals surface area contributed by atoms with Gasteiger partial charge in [-0.05, 0) is 41.8 Å². The first kappa shape index (κ1) is 13.6. The average Bonchev–Trinajstić information content (AvgIpc) is 2.38. The molecule has 98 valence electrons. The number of hydrogen-bond donors (Lipinski definition) is 0. The minimum absolute atomic E-state index is 0.159. The summed E-state index contributed by atoms with van der Waals surface area (Å²) >= 11 is 5.81. The molecule has 2 aromatic carbocycles. The van der Waals surface area contributed by atoms with E-state index in [0.29, 0.717) is 5.02 Å². The molecular formula is C15H11ClFO2-. The maximum absolute atomic E-state index is 12.9. The van der Waals surface area contributed by atoms with Crippen molar-refractivity contribution >= 4 is 17.6 Å². The molecule has 2 aromatic rings. The number of carboxylic acids is 1. The average molecular weight is 278 g/mol. The van der Waals surface area contributed by atoms with Crippen molar-refractivity contribution in [3.05, 3.63) is 70.5 Å². The van der Waals surface area contributed by atoms with Crippen LogP contribution >= 0.6 is 11.6 Å². The van der Waals surface area contributed by atoms with Crippen LogP contribution in [0.3, 0.4) is 0 Å². The van der Waals surface area contributed by atoms with Gasteiger partial charge in [-0.15, -0.1) is 0 Å². The quantitative estimate of drug-likeness (QED) is 0.862. The first-order valence-electron chi connectivity index (χ1n) is 5.77. The van der Waals surface area contributed by atoms with Crippen LogP contribution in [0, 0.1) is 5.82 Å². The maximum atomic E-state index is 12.9. The van der Waals surface area contributed by atoms with Crippen LogP contribution in [0.4, 0.5) is 4.39 Å². The zero-order valence-corrected chi connectivity index (χ0v) is 10.7. The second-order valence-electron chi connectivity index (χ2n) is 4.23.